The molecule has 36 heavy (non-hydrogen) atoms. The predicted octanol–water partition coefficient (Wildman–Crippen LogP) is 5.40. The summed E-state index contributed by atoms with van der Waals surface area (Å²) in [4.78, 5) is 16.4. The maximum absolute atomic E-state index is 12.0. The van der Waals surface area contributed by atoms with E-state index in [9.17, 15) is 4.79 Å². The molecule has 0 spiro atoms. The number of methoxy groups -OCH3 is 1. The minimum atomic E-state index is -0.327. The molecule has 2 aromatic carbocycles. The number of halogens is 1. The number of carbonyl (C=O) groups excluding carboxylic acids is 1. The molecule has 192 valence electrons. The summed E-state index contributed by atoms with van der Waals surface area (Å²) in [5.74, 6) is 2.26. The van der Waals surface area contributed by atoms with E-state index in [-0.39, 0.29) is 18.2 Å². The van der Waals surface area contributed by atoms with E-state index in [2.05, 4.69) is 15.6 Å². The normalized spacial score (nSPS) is 13.4. The minimum absolute atomic E-state index is 0.00997. The Kier molecular flexibility index (Phi) is 8.69. The number of nitrogens with one attached hydrogen (secondary N) is 2. The largest absolute Gasteiger partial charge is 0.493 e. The molecule has 0 aliphatic carbocycles. The molecule has 3 aromatic rings. The number of hydrogen-bond acceptors (Lipinski definition) is 7. The number of ether oxygens (including phenoxy) is 5. The van der Waals surface area contributed by atoms with Crippen molar-refractivity contribution in [1.82, 2.24) is 10.3 Å². The molecule has 1 aromatic heterocycles. The Balaban J connectivity index is 1.44. The average Bonchev–Trinajstić information content (AvgIpc) is 2.81. The molecule has 0 atom stereocenters. The Morgan fingerprint density at radius 3 is 2.67 bits per heavy atom. The quantitative estimate of drug-likeness (QED) is 0.329. The Morgan fingerprint density at radius 2 is 1.97 bits per heavy atom. The first-order chi connectivity index (χ1) is 17.4. The van der Waals surface area contributed by atoms with E-state index in [1.807, 2.05) is 26.0 Å². The zero-order valence-corrected chi connectivity index (χ0v) is 21.3. The summed E-state index contributed by atoms with van der Waals surface area (Å²) in [5.41, 5.74) is 1.18. The summed E-state index contributed by atoms with van der Waals surface area (Å²) >= 11 is 6.38. The Morgan fingerprint density at radius 1 is 1.14 bits per heavy atom. The number of carbonyl (C=O) groups is 1. The van der Waals surface area contributed by atoms with Gasteiger partial charge in [-0.25, -0.2) is 4.79 Å². The molecule has 1 aliphatic heterocycles. The summed E-state index contributed by atoms with van der Waals surface area (Å²) in [5, 5.41) is 6.59. The molecule has 1 fully saturated rings. The van der Waals surface area contributed by atoms with Gasteiger partial charge in [0.2, 0.25) is 0 Å². The molecule has 1 saturated heterocycles. The van der Waals surface area contributed by atoms with Gasteiger partial charge in [-0.15, -0.1) is 0 Å². The third-order valence-corrected chi connectivity index (χ3v) is 5.64. The van der Waals surface area contributed by atoms with Gasteiger partial charge in [0.25, 0.3) is 0 Å². The number of amides is 2. The number of hydrogen-bond donors (Lipinski definition) is 2. The van der Waals surface area contributed by atoms with Crippen molar-refractivity contribution in [3.8, 4) is 23.0 Å². The van der Waals surface area contributed by atoms with Gasteiger partial charge < -0.3 is 34.3 Å². The Hall–Kier alpha value is -3.27. The highest BCUT2D eigenvalue weighted by atomic mass is 35.5. The van der Waals surface area contributed by atoms with E-state index in [4.69, 9.17) is 35.3 Å². The van der Waals surface area contributed by atoms with Gasteiger partial charge >= 0.3 is 6.03 Å². The van der Waals surface area contributed by atoms with Crippen LogP contribution in [0.15, 0.2) is 42.6 Å². The number of pyridine rings is 1. The van der Waals surface area contributed by atoms with E-state index in [1.54, 1.807) is 37.6 Å². The maximum atomic E-state index is 12.0. The fourth-order valence-corrected chi connectivity index (χ4v) is 3.72. The molecule has 2 heterocycles. The van der Waals surface area contributed by atoms with Crippen LogP contribution in [-0.2, 0) is 9.47 Å². The lowest BCUT2D eigenvalue weighted by atomic mass is 10.1. The lowest BCUT2D eigenvalue weighted by Crippen LogP contribution is -2.36. The number of benzene rings is 2. The second kappa shape index (κ2) is 12.1. The van der Waals surface area contributed by atoms with Crippen molar-refractivity contribution in [2.45, 2.75) is 32.4 Å². The average molecular weight is 516 g/mol. The first-order valence-electron chi connectivity index (χ1n) is 11.8. The topological polar surface area (TPSA) is 100 Å². The van der Waals surface area contributed by atoms with Gasteiger partial charge in [-0.1, -0.05) is 11.6 Å². The molecule has 1 aliphatic rings. The van der Waals surface area contributed by atoms with Crippen LogP contribution in [0, 0.1) is 0 Å². The molecule has 2 amide bonds. The summed E-state index contributed by atoms with van der Waals surface area (Å²) in [6.45, 7) is 6.18. The van der Waals surface area contributed by atoms with Gasteiger partial charge in [0.15, 0.2) is 11.5 Å². The van der Waals surface area contributed by atoms with Gasteiger partial charge in [0, 0.05) is 36.2 Å². The van der Waals surface area contributed by atoms with Gasteiger partial charge in [-0.3, -0.25) is 4.98 Å². The van der Waals surface area contributed by atoms with Crippen LogP contribution in [-0.4, -0.2) is 56.7 Å². The molecular formula is C26H30ClN3O6. The van der Waals surface area contributed by atoms with E-state index < -0.39 is 0 Å². The Labute approximate surface area is 215 Å². The summed E-state index contributed by atoms with van der Waals surface area (Å²) in [6.07, 6.45) is 2.62. The number of rotatable bonds is 11. The third-order valence-electron chi connectivity index (χ3n) is 5.33. The first-order valence-corrected chi connectivity index (χ1v) is 12.1. The summed E-state index contributed by atoms with van der Waals surface area (Å²) in [7, 11) is 1.59. The number of fused-ring (bicyclic) bond motifs is 1. The van der Waals surface area contributed by atoms with Crippen LogP contribution in [0.3, 0.4) is 0 Å². The van der Waals surface area contributed by atoms with Crippen molar-refractivity contribution in [3.63, 3.8) is 0 Å². The fraction of sp³-hybridized carbons (Fsp3) is 0.385. The lowest BCUT2D eigenvalue weighted by Gasteiger charge is -2.25. The van der Waals surface area contributed by atoms with Gasteiger partial charge in [0.05, 0.1) is 49.8 Å². The number of aromatic nitrogens is 1. The van der Waals surface area contributed by atoms with Gasteiger partial charge in [0.1, 0.15) is 17.6 Å². The highest BCUT2D eigenvalue weighted by Gasteiger charge is 2.18. The van der Waals surface area contributed by atoms with Crippen LogP contribution < -0.4 is 24.8 Å². The van der Waals surface area contributed by atoms with E-state index in [0.29, 0.717) is 65.7 Å². The van der Waals surface area contributed by atoms with Crippen LogP contribution in [0.25, 0.3) is 10.9 Å². The lowest BCUT2D eigenvalue weighted by molar-refractivity contribution is -0.130. The predicted molar refractivity (Wildman–Crippen MR) is 138 cm³/mol. The standard InChI is InChI=1S/C26H30ClN3O6/c1-16(2)29-26(31)30-21-6-5-17(11-20(21)27)36-23-7-8-28-22-13-25(24(32-3)12-19(22)23)35-10-4-9-34-18-14-33-15-18/h5-8,11-13,16,18H,4,9-10,14-15H2,1-3H3,(H2,29,30,31). The van der Waals surface area contributed by atoms with E-state index in [1.165, 1.54) is 0 Å². The van der Waals surface area contributed by atoms with Crippen molar-refractivity contribution < 1.29 is 28.5 Å². The first kappa shape index (κ1) is 25.8. The number of urea groups is 1. The van der Waals surface area contributed by atoms with Crippen molar-refractivity contribution in [1.29, 1.82) is 0 Å². The highest BCUT2D eigenvalue weighted by Crippen LogP contribution is 2.38. The van der Waals surface area contributed by atoms with Crippen LogP contribution in [0.2, 0.25) is 5.02 Å². The van der Waals surface area contributed by atoms with Crippen molar-refractivity contribution >= 4 is 34.2 Å². The number of nitrogens with zero attached hydrogens (tertiary/aromatic N) is 1. The molecule has 0 unspecified atom stereocenters. The Bertz CT molecular complexity index is 1200. The maximum Gasteiger partial charge on any atom is 0.319 e. The van der Waals surface area contributed by atoms with Crippen molar-refractivity contribution in [3.05, 3.63) is 47.6 Å². The molecule has 0 saturated carbocycles. The molecule has 0 bridgehead atoms. The fourth-order valence-electron chi connectivity index (χ4n) is 3.50. The summed E-state index contributed by atoms with van der Waals surface area (Å²) in [6, 6.07) is 10.2. The van der Waals surface area contributed by atoms with Gasteiger partial charge in [-0.05, 0) is 38.1 Å². The zero-order chi connectivity index (χ0) is 25.5. The highest BCUT2D eigenvalue weighted by molar-refractivity contribution is 6.33. The van der Waals surface area contributed by atoms with Crippen molar-refractivity contribution in [2.75, 3.05) is 38.9 Å². The second-order valence-electron chi connectivity index (χ2n) is 8.56. The van der Waals surface area contributed by atoms with Crippen molar-refractivity contribution in [2.24, 2.45) is 0 Å². The van der Waals surface area contributed by atoms with Crippen LogP contribution in [0.4, 0.5) is 10.5 Å². The zero-order valence-electron chi connectivity index (χ0n) is 20.5. The monoisotopic (exact) mass is 515 g/mol. The number of anilines is 1. The van der Waals surface area contributed by atoms with Crippen LogP contribution in [0.1, 0.15) is 20.3 Å². The molecule has 10 heteroatoms. The van der Waals surface area contributed by atoms with Crippen LogP contribution in [0.5, 0.6) is 23.0 Å². The molecule has 9 nitrogen and oxygen atoms in total. The third kappa shape index (κ3) is 6.69. The van der Waals surface area contributed by atoms with Gasteiger partial charge in [-0.2, -0.15) is 0 Å². The summed E-state index contributed by atoms with van der Waals surface area (Å²) < 4.78 is 28.4. The van der Waals surface area contributed by atoms with E-state index in [0.717, 1.165) is 11.8 Å². The molecule has 2 N–H and O–H groups in total. The second-order valence-corrected chi connectivity index (χ2v) is 8.97. The molecular weight excluding hydrogens is 486 g/mol. The minimum Gasteiger partial charge on any atom is -0.493 e. The molecule has 0 radical (unpaired) electrons. The van der Waals surface area contributed by atoms with E-state index >= 15 is 0 Å². The van der Waals surface area contributed by atoms with Crippen LogP contribution >= 0.6 is 11.6 Å². The smallest absolute Gasteiger partial charge is 0.319 e. The molecule has 4 rings (SSSR count). The SMILES string of the molecule is COc1cc2c(Oc3ccc(NC(=O)NC(C)C)c(Cl)c3)ccnc2cc1OCCCOC1COC1.